The van der Waals surface area contributed by atoms with E-state index in [-0.39, 0.29) is 53.8 Å². The third kappa shape index (κ3) is 5.40. The van der Waals surface area contributed by atoms with E-state index in [1.54, 1.807) is 44.4 Å². The van der Waals surface area contributed by atoms with E-state index in [1.165, 1.54) is 17.0 Å². The summed E-state index contributed by atoms with van der Waals surface area (Å²) in [5, 5.41) is 18.0. The van der Waals surface area contributed by atoms with Gasteiger partial charge in [0, 0.05) is 14.1 Å². The number of imide groups is 1. The van der Waals surface area contributed by atoms with E-state index in [0.717, 1.165) is 10.5 Å². The van der Waals surface area contributed by atoms with Gasteiger partial charge >= 0.3 is 18.9 Å². The minimum Gasteiger partial charge on any atom is -0.652 e. The van der Waals surface area contributed by atoms with Gasteiger partial charge in [-0.25, -0.2) is 0 Å². The maximum atomic E-state index is 13.3. The van der Waals surface area contributed by atoms with Crippen molar-refractivity contribution < 1.29 is 38.4 Å². The Morgan fingerprint density at radius 2 is 1.54 bits per heavy atom. The molecule has 3 aromatic rings. The Hall–Kier alpha value is -3.99. The van der Waals surface area contributed by atoms with Crippen molar-refractivity contribution in [1.82, 2.24) is 9.80 Å². The average molecular weight is 462 g/mol. The van der Waals surface area contributed by atoms with Crippen LogP contribution in [0.3, 0.4) is 0 Å². The van der Waals surface area contributed by atoms with Gasteiger partial charge in [-0.1, -0.05) is 66.7 Å². The van der Waals surface area contributed by atoms with E-state index in [4.69, 9.17) is 0 Å². The standard InChI is InChI=1S/C26H24N4O4.Li/c1-29(2)24(32)19-14-9-15-20(23(19)31)28-22-21(27-18-12-7-4-8-13-18)25(33)30(26(22)34)16-17-10-5-3-6-11-17;/h3-15H,16H2,1-2H3,(H3,27,28,31,32,33,34);/q;+1/p-1. The smallest absolute Gasteiger partial charge is 0.652 e. The number of nitrogens with zero attached hydrogens (tertiary/aromatic N) is 3. The summed E-state index contributed by atoms with van der Waals surface area (Å²) >= 11 is 0. The molecule has 0 spiro atoms. The minimum atomic E-state index is -0.577. The normalized spacial score (nSPS) is 12.9. The molecule has 0 bridgehead atoms. The average Bonchev–Trinajstić information content (AvgIpc) is 3.05. The van der Waals surface area contributed by atoms with E-state index < -0.39 is 17.7 Å². The molecule has 35 heavy (non-hydrogen) atoms. The number of hydrogen-bond donors (Lipinski definition) is 2. The Morgan fingerprint density at radius 1 is 0.914 bits per heavy atom. The van der Waals surface area contributed by atoms with Gasteiger partial charge in [0.1, 0.15) is 0 Å². The van der Waals surface area contributed by atoms with Gasteiger partial charge in [0.25, 0.3) is 11.8 Å². The number of para-hydroxylation sites is 2. The number of rotatable bonds is 7. The number of phenols is 1. The summed E-state index contributed by atoms with van der Waals surface area (Å²) in [6, 6.07) is 22.5. The first kappa shape index (κ1) is 25.6. The van der Waals surface area contributed by atoms with Crippen LogP contribution in [0.15, 0.2) is 90.3 Å². The number of carbonyl (C=O) groups is 3. The molecule has 0 aliphatic carbocycles. The summed E-state index contributed by atoms with van der Waals surface area (Å²) in [5.74, 6) is -1.86. The number of hydrogen-bond acceptors (Lipinski definition) is 5. The van der Waals surface area contributed by atoms with Gasteiger partial charge in [0.05, 0.1) is 23.5 Å². The quantitative estimate of drug-likeness (QED) is 0.310. The van der Waals surface area contributed by atoms with Gasteiger partial charge in [-0.15, -0.1) is 5.69 Å². The van der Waals surface area contributed by atoms with Crippen LogP contribution in [0.2, 0.25) is 0 Å². The number of carbonyl (C=O) groups excluding carboxylic acids is 3. The Balaban J connectivity index is 0.00000342. The van der Waals surface area contributed by atoms with Crippen LogP contribution in [0.4, 0.5) is 11.4 Å². The van der Waals surface area contributed by atoms with Crippen molar-refractivity contribution in [2.45, 2.75) is 6.54 Å². The largest absolute Gasteiger partial charge is 1.00 e. The van der Waals surface area contributed by atoms with Gasteiger partial charge < -0.3 is 20.6 Å². The van der Waals surface area contributed by atoms with Crippen molar-refractivity contribution in [2.24, 2.45) is 0 Å². The fourth-order valence-electron chi connectivity index (χ4n) is 3.51. The number of benzene rings is 3. The van der Waals surface area contributed by atoms with Crippen LogP contribution >= 0.6 is 0 Å². The number of amides is 3. The third-order valence-corrected chi connectivity index (χ3v) is 5.26. The molecule has 1 aliphatic heterocycles. The maximum Gasteiger partial charge on any atom is 1.00 e. The molecule has 0 saturated heterocycles. The van der Waals surface area contributed by atoms with E-state index in [1.807, 2.05) is 36.4 Å². The molecule has 0 saturated carbocycles. The van der Waals surface area contributed by atoms with E-state index >= 15 is 0 Å². The van der Waals surface area contributed by atoms with E-state index in [0.29, 0.717) is 5.69 Å². The monoisotopic (exact) mass is 462 g/mol. The molecule has 0 unspecified atom stereocenters. The van der Waals surface area contributed by atoms with Gasteiger partial charge in [0.15, 0.2) is 5.75 Å². The molecule has 172 valence electrons. The number of anilines is 1. The van der Waals surface area contributed by atoms with Gasteiger partial charge in [0.2, 0.25) is 5.91 Å². The van der Waals surface area contributed by atoms with Crippen LogP contribution in [0.1, 0.15) is 15.9 Å². The molecule has 0 fully saturated rings. The van der Waals surface area contributed by atoms with E-state index in [2.05, 4.69) is 10.6 Å². The molecule has 2 N–H and O–H groups in total. The first-order valence-corrected chi connectivity index (χ1v) is 10.6. The molecule has 0 radical (unpaired) electrons. The zero-order valence-electron chi connectivity index (χ0n) is 19.7. The topological polar surface area (TPSA) is 104 Å². The predicted molar refractivity (Wildman–Crippen MR) is 128 cm³/mol. The minimum absolute atomic E-state index is 0. The summed E-state index contributed by atoms with van der Waals surface area (Å²) in [6.45, 7) is 0.0721. The summed E-state index contributed by atoms with van der Waals surface area (Å²) in [4.78, 5) is 41.4. The molecule has 0 atom stereocenters. The van der Waals surface area contributed by atoms with Gasteiger partial charge in [-0.05, 0) is 23.4 Å². The molecule has 3 amide bonds. The van der Waals surface area contributed by atoms with Crippen LogP contribution in [-0.4, -0.2) is 46.7 Å². The Labute approximate surface area is 215 Å². The zero-order chi connectivity index (χ0) is 24.2. The Kier molecular flexibility index (Phi) is 8.02. The molecular weight excluding hydrogens is 439 g/mol. The van der Waals surface area contributed by atoms with Crippen LogP contribution < -0.4 is 24.2 Å². The van der Waals surface area contributed by atoms with Crippen molar-refractivity contribution in [3.8, 4) is 5.75 Å². The second kappa shape index (κ2) is 11.0. The van der Waals surface area contributed by atoms with Crippen molar-refractivity contribution in [3.63, 3.8) is 0 Å². The first-order valence-electron chi connectivity index (χ1n) is 10.6. The van der Waals surface area contributed by atoms with E-state index in [9.17, 15) is 19.5 Å². The first-order chi connectivity index (χ1) is 16.4. The fourth-order valence-corrected chi connectivity index (χ4v) is 3.51. The molecule has 1 aliphatic rings. The van der Waals surface area contributed by atoms with Crippen LogP contribution in [0.5, 0.6) is 5.75 Å². The SMILES string of the molecule is CN(C)C(=O)c1cccc(NC2=C([N-]c3ccccc3)C(=O)N(Cc3ccccc3)C2=O)c1O.[Li+]. The van der Waals surface area contributed by atoms with Crippen molar-refractivity contribution >= 4 is 29.1 Å². The van der Waals surface area contributed by atoms with Crippen LogP contribution in [-0.2, 0) is 16.1 Å². The summed E-state index contributed by atoms with van der Waals surface area (Å²) in [5.41, 5.74) is 1.32. The second-order valence-corrected chi connectivity index (χ2v) is 7.88. The molecule has 1 heterocycles. The Morgan fingerprint density at radius 3 is 2.17 bits per heavy atom. The number of nitrogens with one attached hydrogen (secondary N) is 1. The van der Waals surface area contributed by atoms with Gasteiger partial charge in [-0.3, -0.25) is 19.3 Å². The molecule has 4 rings (SSSR count). The van der Waals surface area contributed by atoms with Crippen molar-refractivity contribution in [3.05, 3.63) is 107 Å². The van der Waals surface area contributed by atoms with Crippen LogP contribution in [0.25, 0.3) is 5.32 Å². The summed E-state index contributed by atoms with van der Waals surface area (Å²) in [7, 11) is 3.14. The predicted octanol–water partition coefficient (Wildman–Crippen LogP) is 0.996. The second-order valence-electron chi connectivity index (χ2n) is 7.88. The van der Waals surface area contributed by atoms with Crippen LogP contribution in [0, 0.1) is 0 Å². The van der Waals surface area contributed by atoms with Crippen molar-refractivity contribution in [2.75, 3.05) is 19.4 Å². The number of phenolic OH excluding ortho intramolecular Hbond substituents is 1. The maximum absolute atomic E-state index is 13.3. The molecule has 9 heteroatoms. The molecule has 0 aromatic heterocycles. The Bertz CT molecular complexity index is 1280. The third-order valence-electron chi connectivity index (χ3n) is 5.26. The summed E-state index contributed by atoms with van der Waals surface area (Å²) in [6.07, 6.45) is 0. The molecule has 3 aromatic carbocycles. The fraction of sp³-hybridized carbons (Fsp3) is 0.115. The molecule has 8 nitrogen and oxygen atoms in total. The summed E-state index contributed by atoms with van der Waals surface area (Å²) < 4.78 is 0. The molecular formula is C26H23LiN4O4. The number of aromatic hydroxyl groups is 1. The van der Waals surface area contributed by atoms with Crippen molar-refractivity contribution in [1.29, 1.82) is 0 Å². The van der Waals surface area contributed by atoms with Gasteiger partial charge in [-0.2, -0.15) is 0 Å². The zero-order valence-corrected chi connectivity index (χ0v) is 19.7.